The van der Waals surface area contributed by atoms with Crippen molar-refractivity contribution in [3.8, 4) is 11.5 Å². The molecule has 196 valence electrons. The number of ether oxygens (including phenoxy) is 3. The van der Waals surface area contributed by atoms with Gasteiger partial charge in [-0.1, -0.05) is 18.2 Å². The molecule has 0 radical (unpaired) electrons. The van der Waals surface area contributed by atoms with Gasteiger partial charge in [0.05, 0.1) is 38.5 Å². The first-order chi connectivity index (χ1) is 18.3. The van der Waals surface area contributed by atoms with Crippen molar-refractivity contribution in [1.29, 1.82) is 0 Å². The van der Waals surface area contributed by atoms with E-state index in [0.29, 0.717) is 23.5 Å². The predicted molar refractivity (Wildman–Crippen MR) is 136 cm³/mol. The van der Waals surface area contributed by atoms with Crippen LogP contribution in [0.4, 0.5) is 4.39 Å². The van der Waals surface area contributed by atoms with Crippen LogP contribution in [0.15, 0.2) is 72.3 Å². The maximum absolute atomic E-state index is 13.5. The third-order valence-corrected chi connectivity index (χ3v) is 6.39. The van der Waals surface area contributed by atoms with E-state index in [9.17, 15) is 23.9 Å². The Balaban J connectivity index is 1.75. The summed E-state index contributed by atoms with van der Waals surface area (Å²) in [6, 6.07) is 15.6. The van der Waals surface area contributed by atoms with Gasteiger partial charge in [0.2, 0.25) is 0 Å². The van der Waals surface area contributed by atoms with Gasteiger partial charge in [-0.3, -0.25) is 9.59 Å². The zero-order valence-electron chi connectivity index (χ0n) is 21.1. The lowest BCUT2D eigenvalue weighted by Gasteiger charge is -2.25. The zero-order valence-corrected chi connectivity index (χ0v) is 21.1. The summed E-state index contributed by atoms with van der Waals surface area (Å²) in [5.74, 6) is -2.02. The lowest BCUT2D eigenvalue weighted by Crippen LogP contribution is -2.31. The van der Waals surface area contributed by atoms with Gasteiger partial charge in [-0.05, 0) is 66.1 Å². The molecule has 1 aliphatic rings. The second-order valence-corrected chi connectivity index (χ2v) is 8.55. The standard InChI is InChI=1S/C29H26FNO7/c1-36-22-13-4-17(16-23(22)37-2)14-15-31-25(18-5-7-20(8-6-18)29(35)38-3)24(27(33)28(31)34)26(32)19-9-11-21(30)12-10-19/h4-13,16,25,32H,14-15H2,1-3H3/t25-/m1/s1. The third-order valence-electron chi connectivity index (χ3n) is 6.39. The molecule has 3 aromatic rings. The molecular formula is C29H26FNO7. The lowest BCUT2D eigenvalue weighted by atomic mass is 9.94. The molecule has 0 spiro atoms. The first-order valence-corrected chi connectivity index (χ1v) is 11.7. The highest BCUT2D eigenvalue weighted by Crippen LogP contribution is 2.40. The molecule has 1 aliphatic heterocycles. The lowest BCUT2D eigenvalue weighted by molar-refractivity contribution is -0.139. The van der Waals surface area contributed by atoms with Gasteiger partial charge in [0.15, 0.2) is 11.5 Å². The van der Waals surface area contributed by atoms with Crippen molar-refractivity contribution in [2.24, 2.45) is 0 Å². The van der Waals surface area contributed by atoms with E-state index in [1.807, 2.05) is 6.07 Å². The number of likely N-dealkylation sites (tertiary alicyclic amines) is 1. The normalized spacial score (nSPS) is 16.4. The van der Waals surface area contributed by atoms with Crippen molar-refractivity contribution in [3.05, 3.63) is 100 Å². The molecule has 1 fully saturated rings. The molecule has 1 N–H and O–H groups in total. The summed E-state index contributed by atoms with van der Waals surface area (Å²) in [5, 5.41) is 11.1. The number of carbonyl (C=O) groups excluding carboxylic acids is 3. The maximum Gasteiger partial charge on any atom is 0.337 e. The van der Waals surface area contributed by atoms with Crippen molar-refractivity contribution < 1.29 is 38.1 Å². The summed E-state index contributed by atoms with van der Waals surface area (Å²) in [6.45, 7) is 0.143. The average Bonchev–Trinajstić information content (AvgIpc) is 3.20. The Labute approximate surface area is 218 Å². The summed E-state index contributed by atoms with van der Waals surface area (Å²) in [5.41, 5.74) is 1.70. The number of aliphatic hydroxyl groups is 1. The van der Waals surface area contributed by atoms with Crippen molar-refractivity contribution >= 4 is 23.4 Å². The van der Waals surface area contributed by atoms with E-state index in [1.54, 1.807) is 24.3 Å². The largest absolute Gasteiger partial charge is 0.507 e. The summed E-state index contributed by atoms with van der Waals surface area (Å²) < 4.78 is 28.9. The number of aliphatic hydroxyl groups excluding tert-OH is 1. The van der Waals surface area contributed by atoms with Crippen molar-refractivity contribution in [2.75, 3.05) is 27.9 Å². The number of benzene rings is 3. The number of halogens is 1. The van der Waals surface area contributed by atoms with Crippen LogP contribution in [0.3, 0.4) is 0 Å². The smallest absolute Gasteiger partial charge is 0.337 e. The van der Waals surface area contributed by atoms with E-state index in [4.69, 9.17) is 14.2 Å². The van der Waals surface area contributed by atoms with Crippen LogP contribution in [0.1, 0.15) is 33.1 Å². The molecule has 0 aromatic heterocycles. The molecule has 0 unspecified atom stereocenters. The van der Waals surface area contributed by atoms with Crippen LogP contribution in [-0.4, -0.2) is 55.5 Å². The maximum atomic E-state index is 13.5. The van der Waals surface area contributed by atoms with Crippen LogP contribution in [0.5, 0.6) is 11.5 Å². The van der Waals surface area contributed by atoms with Crippen molar-refractivity contribution in [2.45, 2.75) is 12.5 Å². The van der Waals surface area contributed by atoms with Crippen LogP contribution in [-0.2, 0) is 20.7 Å². The molecule has 1 heterocycles. The van der Waals surface area contributed by atoms with Crippen LogP contribution >= 0.6 is 0 Å². The number of nitrogens with zero attached hydrogens (tertiary/aromatic N) is 1. The molecule has 1 amide bonds. The number of hydrogen-bond acceptors (Lipinski definition) is 7. The van der Waals surface area contributed by atoms with Gasteiger partial charge < -0.3 is 24.2 Å². The van der Waals surface area contributed by atoms with Crippen LogP contribution in [0, 0.1) is 5.82 Å². The van der Waals surface area contributed by atoms with Gasteiger partial charge in [0, 0.05) is 12.1 Å². The second kappa shape index (κ2) is 11.2. The number of Topliss-reactive ketones (excluding diaryl/α,β-unsaturated/α-hetero) is 1. The number of rotatable bonds is 8. The number of carbonyl (C=O) groups is 3. The van der Waals surface area contributed by atoms with Gasteiger partial charge in [0.1, 0.15) is 11.6 Å². The van der Waals surface area contributed by atoms with Gasteiger partial charge >= 0.3 is 5.97 Å². The average molecular weight is 520 g/mol. The number of hydrogen-bond donors (Lipinski definition) is 1. The van der Waals surface area contributed by atoms with E-state index >= 15 is 0 Å². The Morgan fingerprint density at radius 2 is 1.53 bits per heavy atom. The number of methoxy groups -OCH3 is 3. The van der Waals surface area contributed by atoms with Gasteiger partial charge in [-0.2, -0.15) is 0 Å². The van der Waals surface area contributed by atoms with Gasteiger partial charge in [-0.15, -0.1) is 0 Å². The quantitative estimate of drug-likeness (QED) is 0.205. The zero-order chi connectivity index (χ0) is 27.4. The molecule has 8 nitrogen and oxygen atoms in total. The Kier molecular flexibility index (Phi) is 7.76. The van der Waals surface area contributed by atoms with E-state index in [-0.39, 0.29) is 23.2 Å². The van der Waals surface area contributed by atoms with E-state index in [1.165, 1.54) is 50.5 Å². The number of esters is 1. The highest BCUT2D eigenvalue weighted by atomic mass is 19.1. The second-order valence-electron chi connectivity index (χ2n) is 8.55. The minimum Gasteiger partial charge on any atom is -0.507 e. The first kappa shape index (κ1) is 26.4. The Bertz CT molecular complexity index is 1400. The van der Waals surface area contributed by atoms with E-state index in [2.05, 4.69) is 0 Å². The Morgan fingerprint density at radius 3 is 2.13 bits per heavy atom. The first-order valence-electron chi connectivity index (χ1n) is 11.7. The van der Waals surface area contributed by atoms with Crippen LogP contribution in [0.2, 0.25) is 0 Å². The SMILES string of the molecule is COC(=O)c1ccc([C@@H]2C(=C(O)c3ccc(F)cc3)C(=O)C(=O)N2CCc2ccc(OC)c(OC)c2)cc1. The molecule has 0 bridgehead atoms. The Hall–Kier alpha value is -4.66. The Morgan fingerprint density at radius 1 is 0.895 bits per heavy atom. The molecule has 4 rings (SSSR count). The van der Waals surface area contributed by atoms with Crippen LogP contribution in [0.25, 0.3) is 5.76 Å². The fourth-order valence-corrected chi connectivity index (χ4v) is 4.43. The van der Waals surface area contributed by atoms with Crippen molar-refractivity contribution in [1.82, 2.24) is 4.90 Å². The molecule has 38 heavy (non-hydrogen) atoms. The minimum atomic E-state index is -0.938. The monoisotopic (exact) mass is 519 g/mol. The molecule has 3 aromatic carbocycles. The highest BCUT2D eigenvalue weighted by molar-refractivity contribution is 6.46. The molecule has 1 saturated heterocycles. The molecular weight excluding hydrogens is 493 g/mol. The summed E-state index contributed by atoms with van der Waals surface area (Å²) in [4.78, 5) is 39.7. The molecule has 9 heteroatoms. The van der Waals surface area contributed by atoms with Crippen molar-refractivity contribution in [3.63, 3.8) is 0 Å². The summed E-state index contributed by atoms with van der Waals surface area (Å²) >= 11 is 0. The molecule has 0 saturated carbocycles. The van der Waals surface area contributed by atoms with Gasteiger partial charge in [-0.25, -0.2) is 9.18 Å². The van der Waals surface area contributed by atoms with E-state index < -0.39 is 35.3 Å². The highest BCUT2D eigenvalue weighted by Gasteiger charge is 2.45. The topological polar surface area (TPSA) is 102 Å². The summed E-state index contributed by atoms with van der Waals surface area (Å²) in [7, 11) is 4.32. The predicted octanol–water partition coefficient (Wildman–Crippen LogP) is 4.29. The van der Waals surface area contributed by atoms with Crippen LogP contribution < -0.4 is 9.47 Å². The number of amides is 1. The molecule has 0 aliphatic carbocycles. The number of ketones is 1. The summed E-state index contributed by atoms with van der Waals surface area (Å²) in [6.07, 6.45) is 0.376. The minimum absolute atomic E-state index is 0.125. The fourth-order valence-electron chi connectivity index (χ4n) is 4.43. The fraction of sp³-hybridized carbons (Fsp3) is 0.207. The third kappa shape index (κ3) is 5.08. The van der Waals surface area contributed by atoms with E-state index in [0.717, 1.165) is 17.7 Å². The van der Waals surface area contributed by atoms with Gasteiger partial charge in [0.25, 0.3) is 11.7 Å². The molecule has 1 atom stereocenters.